The van der Waals surface area contributed by atoms with Crippen LogP contribution in [0, 0.1) is 6.92 Å². The van der Waals surface area contributed by atoms with Gasteiger partial charge in [0, 0.05) is 12.4 Å². The summed E-state index contributed by atoms with van der Waals surface area (Å²) in [6.45, 7) is 1.80. The number of methoxy groups -OCH3 is 1. The second kappa shape index (κ2) is 5.27. The molecule has 100 valence electrons. The van der Waals surface area contributed by atoms with Crippen LogP contribution in [0.3, 0.4) is 0 Å². The third-order valence-electron chi connectivity index (χ3n) is 2.61. The Balaban J connectivity index is 2.32. The minimum Gasteiger partial charge on any atom is -0.496 e. The summed E-state index contributed by atoms with van der Waals surface area (Å²) in [5.41, 5.74) is 1.24. The van der Waals surface area contributed by atoms with Crippen LogP contribution in [-0.2, 0) is 10.0 Å². The van der Waals surface area contributed by atoms with Crippen molar-refractivity contribution >= 4 is 15.7 Å². The number of hydrogen-bond acceptors (Lipinski definition) is 4. The zero-order chi connectivity index (χ0) is 13.9. The van der Waals surface area contributed by atoms with E-state index in [9.17, 15) is 8.42 Å². The monoisotopic (exact) mass is 278 g/mol. The van der Waals surface area contributed by atoms with Gasteiger partial charge in [-0.3, -0.25) is 9.71 Å². The zero-order valence-corrected chi connectivity index (χ0v) is 11.4. The Bertz CT molecular complexity index is 670. The Morgan fingerprint density at radius 3 is 2.42 bits per heavy atom. The number of ether oxygens (including phenoxy) is 1. The molecule has 1 N–H and O–H groups in total. The number of rotatable bonds is 4. The molecule has 0 aliphatic heterocycles. The fourth-order valence-electron chi connectivity index (χ4n) is 1.65. The molecular formula is C13H14N2O3S. The summed E-state index contributed by atoms with van der Waals surface area (Å²) in [4.78, 5) is 4.03. The molecule has 6 heteroatoms. The van der Waals surface area contributed by atoms with Gasteiger partial charge in [0.05, 0.1) is 17.7 Å². The van der Waals surface area contributed by atoms with Gasteiger partial charge in [-0.25, -0.2) is 8.42 Å². The van der Waals surface area contributed by atoms with Gasteiger partial charge in [-0.15, -0.1) is 0 Å². The van der Waals surface area contributed by atoms with Crippen LogP contribution in [0.2, 0.25) is 0 Å². The molecule has 19 heavy (non-hydrogen) atoms. The molecule has 0 radical (unpaired) electrons. The summed E-state index contributed by atoms with van der Waals surface area (Å²) in [6, 6.07) is 7.90. The molecule has 0 spiro atoms. The molecular weight excluding hydrogens is 264 g/mol. The van der Waals surface area contributed by atoms with Crippen molar-refractivity contribution in [2.75, 3.05) is 11.8 Å². The fourth-order valence-corrected chi connectivity index (χ4v) is 2.80. The fraction of sp³-hybridized carbons (Fsp3) is 0.154. The first kappa shape index (κ1) is 13.4. The molecule has 0 saturated carbocycles. The van der Waals surface area contributed by atoms with Crippen LogP contribution in [-0.4, -0.2) is 20.5 Å². The number of nitrogens with one attached hydrogen (secondary N) is 1. The molecule has 0 bridgehead atoms. The molecule has 1 aromatic heterocycles. The van der Waals surface area contributed by atoms with Gasteiger partial charge < -0.3 is 4.74 Å². The highest BCUT2D eigenvalue weighted by Crippen LogP contribution is 2.22. The summed E-state index contributed by atoms with van der Waals surface area (Å²) in [7, 11) is -2.05. The maximum atomic E-state index is 12.2. The zero-order valence-electron chi connectivity index (χ0n) is 10.6. The number of nitrogens with zero attached hydrogens (tertiary/aromatic N) is 1. The second-order valence-electron chi connectivity index (χ2n) is 3.97. The van der Waals surface area contributed by atoms with Gasteiger partial charge >= 0.3 is 0 Å². The van der Waals surface area contributed by atoms with Gasteiger partial charge in [0.15, 0.2) is 0 Å². The van der Waals surface area contributed by atoms with Crippen LogP contribution in [0.4, 0.5) is 5.69 Å². The molecule has 0 amide bonds. The predicted octanol–water partition coefficient (Wildman–Crippen LogP) is 2.20. The van der Waals surface area contributed by atoms with E-state index in [1.165, 1.54) is 18.5 Å². The van der Waals surface area contributed by atoms with Crippen molar-refractivity contribution in [2.24, 2.45) is 0 Å². The Morgan fingerprint density at radius 1 is 1.16 bits per heavy atom. The van der Waals surface area contributed by atoms with Crippen LogP contribution in [0.1, 0.15) is 5.56 Å². The van der Waals surface area contributed by atoms with Gasteiger partial charge in [-0.05, 0) is 42.8 Å². The smallest absolute Gasteiger partial charge is 0.261 e. The first-order valence-electron chi connectivity index (χ1n) is 5.60. The third kappa shape index (κ3) is 3.03. The molecule has 0 unspecified atom stereocenters. The number of anilines is 1. The van der Waals surface area contributed by atoms with Crippen LogP contribution >= 0.6 is 0 Å². The van der Waals surface area contributed by atoms with Crippen molar-refractivity contribution in [2.45, 2.75) is 11.8 Å². The van der Waals surface area contributed by atoms with Crippen LogP contribution in [0.25, 0.3) is 0 Å². The van der Waals surface area contributed by atoms with Crippen LogP contribution in [0.5, 0.6) is 5.75 Å². The molecule has 0 saturated heterocycles. The van der Waals surface area contributed by atoms with E-state index in [1.807, 2.05) is 0 Å². The van der Waals surface area contributed by atoms with E-state index in [2.05, 4.69) is 9.71 Å². The molecule has 0 fully saturated rings. The third-order valence-corrected chi connectivity index (χ3v) is 3.99. The van der Waals surface area contributed by atoms with E-state index < -0.39 is 10.0 Å². The van der Waals surface area contributed by atoms with Gasteiger partial charge in [0.25, 0.3) is 10.0 Å². The van der Waals surface area contributed by atoms with E-state index >= 15 is 0 Å². The molecule has 0 aliphatic carbocycles. The Morgan fingerprint density at radius 2 is 1.84 bits per heavy atom. The van der Waals surface area contributed by atoms with E-state index in [0.29, 0.717) is 11.4 Å². The molecule has 1 aromatic carbocycles. The predicted molar refractivity (Wildman–Crippen MR) is 72.8 cm³/mol. The van der Waals surface area contributed by atoms with Gasteiger partial charge in [-0.1, -0.05) is 0 Å². The SMILES string of the molecule is COc1ccc(S(=O)(=O)Nc2ccncc2)cc1C. The van der Waals surface area contributed by atoms with E-state index in [4.69, 9.17) is 4.74 Å². The highest BCUT2D eigenvalue weighted by molar-refractivity contribution is 7.92. The highest BCUT2D eigenvalue weighted by atomic mass is 32.2. The first-order chi connectivity index (χ1) is 9.03. The van der Waals surface area contributed by atoms with Gasteiger partial charge in [0.2, 0.25) is 0 Å². The molecule has 1 heterocycles. The van der Waals surface area contributed by atoms with Crippen molar-refractivity contribution in [3.05, 3.63) is 48.3 Å². The van der Waals surface area contributed by atoms with Crippen molar-refractivity contribution in [1.82, 2.24) is 4.98 Å². The number of aromatic nitrogens is 1. The Hall–Kier alpha value is -2.08. The van der Waals surface area contributed by atoms with Gasteiger partial charge in [0.1, 0.15) is 5.75 Å². The van der Waals surface area contributed by atoms with E-state index in [1.54, 1.807) is 38.3 Å². The topological polar surface area (TPSA) is 68.3 Å². The molecule has 2 aromatic rings. The minimum absolute atomic E-state index is 0.197. The molecule has 0 atom stereocenters. The summed E-state index contributed by atoms with van der Waals surface area (Å²) < 4.78 is 32.0. The van der Waals surface area contributed by atoms with Gasteiger partial charge in [-0.2, -0.15) is 0 Å². The van der Waals surface area contributed by atoms with Crippen molar-refractivity contribution < 1.29 is 13.2 Å². The van der Waals surface area contributed by atoms with E-state index in [0.717, 1.165) is 5.56 Å². The lowest BCUT2D eigenvalue weighted by molar-refractivity contribution is 0.411. The quantitative estimate of drug-likeness (QED) is 0.931. The number of hydrogen-bond donors (Lipinski definition) is 1. The van der Waals surface area contributed by atoms with Crippen molar-refractivity contribution in [3.63, 3.8) is 0 Å². The number of benzene rings is 1. The van der Waals surface area contributed by atoms with Crippen molar-refractivity contribution in [1.29, 1.82) is 0 Å². The number of pyridine rings is 1. The summed E-state index contributed by atoms with van der Waals surface area (Å²) in [5, 5.41) is 0. The highest BCUT2D eigenvalue weighted by Gasteiger charge is 2.15. The Kier molecular flexibility index (Phi) is 3.71. The largest absolute Gasteiger partial charge is 0.496 e. The number of aryl methyl sites for hydroxylation is 1. The van der Waals surface area contributed by atoms with Crippen LogP contribution in [0.15, 0.2) is 47.6 Å². The maximum absolute atomic E-state index is 12.2. The van der Waals surface area contributed by atoms with Crippen molar-refractivity contribution in [3.8, 4) is 5.75 Å². The summed E-state index contributed by atoms with van der Waals surface area (Å²) >= 11 is 0. The summed E-state index contributed by atoms with van der Waals surface area (Å²) in [6.07, 6.45) is 3.05. The lowest BCUT2D eigenvalue weighted by Gasteiger charge is -2.10. The lowest BCUT2D eigenvalue weighted by Crippen LogP contribution is -2.13. The van der Waals surface area contributed by atoms with Crippen LogP contribution < -0.4 is 9.46 Å². The average Bonchev–Trinajstić information content (AvgIpc) is 2.39. The minimum atomic E-state index is -3.59. The molecule has 5 nitrogen and oxygen atoms in total. The maximum Gasteiger partial charge on any atom is 0.261 e. The normalized spacial score (nSPS) is 11.1. The number of sulfonamides is 1. The van der Waals surface area contributed by atoms with E-state index in [-0.39, 0.29) is 4.90 Å². The lowest BCUT2D eigenvalue weighted by atomic mass is 10.2. The molecule has 0 aliphatic rings. The Labute approximate surface area is 112 Å². The molecule has 2 rings (SSSR count). The summed E-state index contributed by atoms with van der Waals surface area (Å²) in [5.74, 6) is 0.655. The standard InChI is InChI=1S/C13H14N2O3S/c1-10-9-12(3-4-13(10)18-2)19(16,17)15-11-5-7-14-8-6-11/h3-9H,1-2H3,(H,14,15). The first-order valence-corrected chi connectivity index (χ1v) is 7.09. The second-order valence-corrected chi connectivity index (χ2v) is 5.66. The average molecular weight is 278 g/mol.